The second kappa shape index (κ2) is 6.92. The van der Waals surface area contributed by atoms with Crippen LogP contribution >= 0.6 is 11.6 Å². The second-order valence-electron chi connectivity index (χ2n) is 5.46. The molecular weight excluding hydrogens is 312 g/mol. The number of piperazine rings is 1. The fourth-order valence-electron chi connectivity index (χ4n) is 2.82. The van der Waals surface area contributed by atoms with Crippen molar-refractivity contribution in [2.45, 2.75) is 0 Å². The van der Waals surface area contributed by atoms with Crippen molar-refractivity contribution in [1.82, 2.24) is 4.90 Å². The maximum atomic E-state index is 12.7. The molecule has 23 heavy (non-hydrogen) atoms. The predicted octanol–water partition coefficient (Wildman–Crippen LogP) is 3.31. The van der Waals surface area contributed by atoms with E-state index in [9.17, 15) is 4.79 Å². The monoisotopic (exact) mass is 330 g/mol. The third-order valence-corrected chi connectivity index (χ3v) is 4.32. The van der Waals surface area contributed by atoms with Gasteiger partial charge in [0.2, 0.25) is 0 Å². The molecule has 2 aromatic rings. The number of carbonyl (C=O) groups excluding carboxylic acids is 1. The van der Waals surface area contributed by atoms with Crippen LogP contribution in [0.1, 0.15) is 10.4 Å². The third-order valence-electron chi connectivity index (χ3n) is 4.08. The van der Waals surface area contributed by atoms with Gasteiger partial charge >= 0.3 is 0 Å². The molecule has 2 aromatic carbocycles. The maximum absolute atomic E-state index is 12.7. The highest BCUT2D eigenvalue weighted by atomic mass is 35.5. The summed E-state index contributed by atoms with van der Waals surface area (Å²) in [5.74, 6) is 0.530. The highest BCUT2D eigenvalue weighted by Crippen LogP contribution is 2.25. The number of anilines is 1. The first-order valence-electron chi connectivity index (χ1n) is 7.62. The van der Waals surface area contributed by atoms with Crippen LogP contribution in [0.4, 0.5) is 5.69 Å². The number of rotatable bonds is 3. The molecule has 1 aliphatic rings. The molecule has 0 aliphatic carbocycles. The van der Waals surface area contributed by atoms with Gasteiger partial charge in [0.05, 0.1) is 12.7 Å². The van der Waals surface area contributed by atoms with Crippen molar-refractivity contribution in [3.05, 3.63) is 59.1 Å². The van der Waals surface area contributed by atoms with E-state index in [0.717, 1.165) is 13.1 Å². The number of benzene rings is 2. The van der Waals surface area contributed by atoms with Crippen molar-refractivity contribution >= 4 is 23.2 Å². The molecule has 4 nitrogen and oxygen atoms in total. The average Bonchev–Trinajstić information content (AvgIpc) is 2.62. The van der Waals surface area contributed by atoms with Crippen LogP contribution in [0.5, 0.6) is 5.75 Å². The zero-order chi connectivity index (χ0) is 16.2. The Kier molecular flexibility index (Phi) is 4.72. The Morgan fingerprint density at radius 1 is 1.04 bits per heavy atom. The van der Waals surface area contributed by atoms with Crippen molar-refractivity contribution in [1.29, 1.82) is 0 Å². The number of amides is 1. The summed E-state index contributed by atoms with van der Waals surface area (Å²) in [4.78, 5) is 16.9. The van der Waals surface area contributed by atoms with E-state index in [0.29, 0.717) is 29.4 Å². The molecule has 0 aromatic heterocycles. The number of nitrogens with zero attached hydrogens (tertiary/aromatic N) is 2. The van der Waals surface area contributed by atoms with Crippen molar-refractivity contribution in [3.8, 4) is 5.75 Å². The lowest BCUT2D eigenvalue weighted by molar-refractivity contribution is 0.0743. The highest BCUT2D eigenvalue weighted by Gasteiger charge is 2.24. The third kappa shape index (κ3) is 3.42. The van der Waals surface area contributed by atoms with Gasteiger partial charge in [-0.25, -0.2) is 0 Å². The lowest BCUT2D eigenvalue weighted by Gasteiger charge is -2.36. The van der Waals surface area contributed by atoms with Gasteiger partial charge in [-0.2, -0.15) is 0 Å². The van der Waals surface area contributed by atoms with Crippen LogP contribution in [0.25, 0.3) is 0 Å². The van der Waals surface area contributed by atoms with Gasteiger partial charge in [0.15, 0.2) is 0 Å². The molecular formula is C18H19ClN2O2. The largest absolute Gasteiger partial charge is 0.496 e. The van der Waals surface area contributed by atoms with Crippen LogP contribution in [0.3, 0.4) is 0 Å². The predicted molar refractivity (Wildman–Crippen MR) is 92.6 cm³/mol. The second-order valence-corrected chi connectivity index (χ2v) is 5.90. The molecule has 5 heteroatoms. The molecule has 1 amide bonds. The molecule has 0 saturated carbocycles. The highest BCUT2D eigenvalue weighted by molar-refractivity contribution is 6.31. The van der Waals surface area contributed by atoms with E-state index >= 15 is 0 Å². The summed E-state index contributed by atoms with van der Waals surface area (Å²) in [7, 11) is 1.56. The Morgan fingerprint density at radius 2 is 1.74 bits per heavy atom. The van der Waals surface area contributed by atoms with Crippen LogP contribution in [0, 0.1) is 0 Å². The van der Waals surface area contributed by atoms with Gasteiger partial charge < -0.3 is 14.5 Å². The van der Waals surface area contributed by atoms with Gasteiger partial charge in [-0.3, -0.25) is 4.79 Å². The van der Waals surface area contributed by atoms with E-state index in [2.05, 4.69) is 17.0 Å². The SMILES string of the molecule is COc1ccc(Cl)cc1C(=O)N1CCN(c2ccccc2)CC1. The van der Waals surface area contributed by atoms with Crippen LogP contribution in [-0.4, -0.2) is 44.1 Å². The van der Waals surface area contributed by atoms with E-state index in [1.807, 2.05) is 23.1 Å². The lowest BCUT2D eigenvalue weighted by Crippen LogP contribution is -2.48. The summed E-state index contributed by atoms with van der Waals surface area (Å²) in [6, 6.07) is 15.4. The Hall–Kier alpha value is -2.20. The van der Waals surface area contributed by atoms with Gasteiger partial charge in [-0.15, -0.1) is 0 Å². The Morgan fingerprint density at radius 3 is 2.39 bits per heavy atom. The summed E-state index contributed by atoms with van der Waals surface area (Å²) in [6.07, 6.45) is 0. The number of para-hydroxylation sites is 1. The molecule has 1 heterocycles. The van der Waals surface area contributed by atoms with Crippen molar-refractivity contribution in [2.75, 3.05) is 38.2 Å². The number of ether oxygens (including phenoxy) is 1. The molecule has 1 aliphatic heterocycles. The minimum absolute atomic E-state index is 0.0305. The first-order valence-corrected chi connectivity index (χ1v) is 7.99. The van der Waals surface area contributed by atoms with E-state index in [1.165, 1.54) is 5.69 Å². The normalized spacial score (nSPS) is 14.7. The number of carbonyl (C=O) groups is 1. The molecule has 1 fully saturated rings. The van der Waals surface area contributed by atoms with Crippen LogP contribution in [-0.2, 0) is 0 Å². The van der Waals surface area contributed by atoms with E-state index in [-0.39, 0.29) is 5.91 Å². The molecule has 3 rings (SSSR count). The summed E-state index contributed by atoms with van der Waals surface area (Å²) in [5.41, 5.74) is 1.72. The fourth-order valence-corrected chi connectivity index (χ4v) is 3.00. The van der Waals surface area contributed by atoms with E-state index in [4.69, 9.17) is 16.3 Å². The summed E-state index contributed by atoms with van der Waals surface area (Å²) in [5, 5.41) is 0.539. The summed E-state index contributed by atoms with van der Waals surface area (Å²) < 4.78 is 5.29. The van der Waals surface area contributed by atoms with Gasteiger partial charge in [0.1, 0.15) is 5.75 Å². The molecule has 0 radical (unpaired) electrons. The molecule has 0 bridgehead atoms. The number of methoxy groups -OCH3 is 1. The Labute approximate surface area is 141 Å². The van der Waals surface area contributed by atoms with Crippen molar-refractivity contribution in [3.63, 3.8) is 0 Å². The first-order chi connectivity index (χ1) is 11.2. The quantitative estimate of drug-likeness (QED) is 0.865. The van der Waals surface area contributed by atoms with Crippen LogP contribution in [0.15, 0.2) is 48.5 Å². The van der Waals surface area contributed by atoms with Gasteiger partial charge in [-0.05, 0) is 30.3 Å². The number of hydrogen-bond acceptors (Lipinski definition) is 3. The lowest BCUT2D eigenvalue weighted by atomic mass is 10.1. The maximum Gasteiger partial charge on any atom is 0.257 e. The number of halogens is 1. The number of hydrogen-bond donors (Lipinski definition) is 0. The van der Waals surface area contributed by atoms with E-state index in [1.54, 1.807) is 25.3 Å². The van der Waals surface area contributed by atoms with Crippen LogP contribution in [0.2, 0.25) is 5.02 Å². The molecule has 0 unspecified atom stereocenters. The molecule has 0 atom stereocenters. The van der Waals surface area contributed by atoms with Gasteiger partial charge in [0.25, 0.3) is 5.91 Å². The molecule has 120 valence electrons. The topological polar surface area (TPSA) is 32.8 Å². The molecule has 1 saturated heterocycles. The summed E-state index contributed by atoms with van der Waals surface area (Å²) in [6.45, 7) is 3.00. The molecule has 0 spiro atoms. The van der Waals surface area contributed by atoms with Crippen molar-refractivity contribution < 1.29 is 9.53 Å². The zero-order valence-electron chi connectivity index (χ0n) is 13.0. The first kappa shape index (κ1) is 15.7. The summed E-state index contributed by atoms with van der Waals surface area (Å²) >= 11 is 6.03. The van der Waals surface area contributed by atoms with Crippen LogP contribution < -0.4 is 9.64 Å². The van der Waals surface area contributed by atoms with Gasteiger partial charge in [0, 0.05) is 36.9 Å². The minimum atomic E-state index is -0.0305. The standard InChI is InChI=1S/C18H19ClN2O2/c1-23-17-8-7-14(19)13-16(17)18(22)21-11-9-20(10-12-21)15-5-3-2-4-6-15/h2-8,13H,9-12H2,1H3. The zero-order valence-corrected chi connectivity index (χ0v) is 13.8. The fraction of sp³-hybridized carbons (Fsp3) is 0.278. The van der Waals surface area contributed by atoms with Gasteiger partial charge in [-0.1, -0.05) is 29.8 Å². The smallest absolute Gasteiger partial charge is 0.257 e. The van der Waals surface area contributed by atoms with Crippen molar-refractivity contribution in [2.24, 2.45) is 0 Å². The van der Waals surface area contributed by atoms with E-state index < -0.39 is 0 Å². The Balaban J connectivity index is 1.70. The minimum Gasteiger partial charge on any atom is -0.496 e. The molecule has 0 N–H and O–H groups in total. The average molecular weight is 331 g/mol. The Bertz CT molecular complexity index is 683.